The quantitative estimate of drug-likeness (QED) is 0.764. The summed E-state index contributed by atoms with van der Waals surface area (Å²) in [6.07, 6.45) is 7.06. The number of aromatic nitrogens is 2. The Morgan fingerprint density at radius 2 is 1.96 bits per heavy atom. The number of likely N-dealkylation sites (tertiary alicyclic amines) is 1. The van der Waals surface area contributed by atoms with Crippen LogP contribution in [0.5, 0.6) is 0 Å². The second-order valence-corrected chi connectivity index (χ2v) is 6.74. The van der Waals surface area contributed by atoms with Crippen molar-refractivity contribution in [3.8, 4) is 0 Å². The molecule has 0 aliphatic carbocycles. The lowest BCUT2D eigenvalue weighted by molar-refractivity contribution is -0.137. The molecule has 2 heterocycles. The van der Waals surface area contributed by atoms with Crippen LogP contribution in [0.15, 0.2) is 42.7 Å². The van der Waals surface area contributed by atoms with E-state index in [0.29, 0.717) is 19.6 Å². The average Bonchev–Trinajstić information content (AvgIpc) is 3.18. The van der Waals surface area contributed by atoms with E-state index in [1.807, 2.05) is 28.8 Å². The van der Waals surface area contributed by atoms with Gasteiger partial charge in [0.05, 0.1) is 6.54 Å². The van der Waals surface area contributed by atoms with E-state index in [2.05, 4.69) is 10.00 Å². The second-order valence-electron chi connectivity index (χ2n) is 6.74. The number of nitrogens with zero attached hydrogens (tertiary/aromatic N) is 4. The third-order valence-corrected chi connectivity index (χ3v) is 5.03. The summed E-state index contributed by atoms with van der Waals surface area (Å²) in [6.45, 7) is 5.74. The maximum atomic E-state index is 13.4. The van der Waals surface area contributed by atoms with Crippen molar-refractivity contribution < 1.29 is 9.18 Å². The second kappa shape index (κ2) is 8.94. The minimum atomic E-state index is -0.339. The molecule has 5 nitrogen and oxygen atoms in total. The highest BCUT2D eigenvalue weighted by atomic mass is 19.1. The van der Waals surface area contributed by atoms with Crippen molar-refractivity contribution in [1.29, 1.82) is 0 Å². The van der Waals surface area contributed by atoms with Gasteiger partial charge in [0.1, 0.15) is 11.9 Å². The molecule has 1 aliphatic heterocycles. The largest absolute Gasteiger partial charge is 0.339 e. The summed E-state index contributed by atoms with van der Waals surface area (Å²) in [7, 11) is 0. The molecule has 0 radical (unpaired) electrons. The van der Waals surface area contributed by atoms with Crippen LogP contribution < -0.4 is 0 Å². The summed E-state index contributed by atoms with van der Waals surface area (Å²) in [5.74, 6) is -0.183. The number of piperidine rings is 1. The molecule has 1 fully saturated rings. The van der Waals surface area contributed by atoms with Crippen molar-refractivity contribution in [2.24, 2.45) is 0 Å². The zero-order chi connectivity index (χ0) is 18.4. The highest BCUT2D eigenvalue weighted by Crippen LogP contribution is 2.27. The molecule has 0 saturated carbocycles. The van der Waals surface area contributed by atoms with Gasteiger partial charge in [0.15, 0.2) is 0 Å². The predicted molar refractivity (Wildman–Crippen MR) is 99.0 cm³/mol. The Kier molecular flexibility index (Phi) is 6.39. The van der Waals surface area contributed by atoms with Gasteiger partial charge in [-0.1, -0.05) is 18.6 Å². The number of amides is 1. The molecule has 1 atom stereocenters. The van der Waals surface area contributed by atoms with Crippen LogP contribution in [0.25, 0.3) is 0 Å². The first kappa shape index (κ1) is 18.6. The summed E-state index contributed by atoms with van der Waals surface area (Å²) in [4.78, 5) is 17.5. The standard InChI is InChI=1S/C20H27FN4O/c1-2-23(15-16-25-14-6-11-22-25)20(26)19(24-12-4-3-5-13-24)17-7-9-18(21)10-8-17/h6-11,14,19H,2-5,12-13,15-16H2,1H3/t19-/m1/s1. The number of hydrogen-bond donors (Lipinski definition) is 0. The van der Waals surface area contributed by atoms with Crippen molar-refractivity contribution in [2.45, 2.75) is 38.8 Å². The molecule has 140 valence electrons. The zero-order valence-corrected chi connectivity index (χ0v) is 15.4. The van der Waals surface area contributed by atoms with Gasteiger partial charge in [-0.05, 0) is 56.6 Å². The summed E-state index contributed by atoms with van der Waals surface area (Å²) < 4.78 is 15.2. The number of carbonyl (C=O) groups excluding carboxylic acids is 1. The maximum absolute atomic E-state index is 13.4. The molecule has 0 N–H and O–H groups in total. The van der Waals surface area contributed by atoms with E-state index in [1.54, 1.807) is 18.3 Å². The Morgan fingerprint density at radius 3 is 2.58 bits per heavy atom. The molecule has 2 aromatic rings. The van der Waals surface area contributed by atoms with E-state index in [0.717, 1.165) is 31.5 Å². The Bertz CT molecular complexity index is 680. The SMILES string of the molecule is CCN(CCn1cccn1)C(=O)[C@@H](c1ccc(F)cc1)N1CCCCC1. The van der Waals surface area contributed by atoms with E-state index in [4.69, 9.17) is 0 Å². The van der Waals surface area contributed by atoms with Crippen LogP contribution >= 0.6 is 0 Å². The van der Waals surface area contributed by atoms with Gasteiger partial charge in [-0.3, -0.25) is 14.4 Å². The van der Waals surface area contributed by atoms with Crippen LogP contribution in [-0.2, 0) is 11.3 Å². The highest BCUT2D eigenvalue weighted by Gasteiger charge is 2.31. The Morgan fingerprint density at radius 1 is 1.23 bits per heavy atom. The van der Waals surface area contributed by atoms with Crippen LogP contribution in [0.3, 0.4) is 0 Å². The topological polar surface area (TPSA) is 41.4 Å². The molecule has 6 heteroatoms. The molecule has 1 aromatic carbocycles. The monoisotopic (exact) mass is 358 g/mol. The van der Waals surface area contributed by atoms with Crippen molar-refractivity contribution in [2.75, 3.05) is 26.2 Å². The fourth-order valence-corrected chi connectivity index (χ4v) is 3.58. The summed E-state index contributed by atoms with van der Waals surface area (Å²) in [6, 6.07) is 7.92. The van der Waals surface area contributed by atoms with Crippen LogP contribution in [0.1, 0.15) is 37.8 Å². The van der Waals surface area contributed by atoms with Crippen LogP contribution in [-0.4, -0.2) is 51.7 Å². The molecular weight excluding hydrogens is 331 g/mol. The van der Waals surface area contributed by atoms with E-state index in [9.17, 15) is 9.18 Å². The summed E-state index contributed by atoms with van der Waals surface area (Å²) in [5.41, 5.74) is 0.871. The fourth-order valence-electron chi connectivity index (χ4n) is 3.58. The van der Waals surface area contributed by atoms with Gasteiger partial charge in [0.2, 0.25) is 5.91 Å². The first-order valence-corrected chi connectivity index (χ1v) is 9.44. The van der Waals surface area contributed by atoms with E-state index < -0.39 is 0 Å². The third-order valence-electron chi connectivity index (χ3n) is 5.03. The van der Waals surface area contributed by atoms with Gasteiger partial charge in [-0.15, -0.1) is 0 Å². The van der Waals surface area contributed by atoms with Crippen molar-refractivity contribution in [1.82, 2.24) is 19.6 Å². The molecule has 0 unspecified atom stereocenters. The van der Waals surface area contributed by atoms with Gasteiger partial charge in [-0.2, -0.15) is 5.10 Å². The lowest BCUT2D eigenvalue weighted by Gasteiger charge is -2.36. The van der Waals surface area contributed by atoms with Gasteiger partial charge in [-0.25, -0.2) is 4.39 Å². The summed E-state index contributed by atoms with van der Waals surface area (Å²) >= 11 is 0. The molecular formula is C20H27FN4O. The van der Waals surface area contributed by atoms with E-state index in [1.165, 1.54) is 18.6 Å². The molecule has 1 saturated heterocycles. The Hall–Kier alpha value is -2.21. The zero-order valence-electron chi connectivity index (χ0n) is 15.4. The van der Waals surface area contributed by atoms with Gasteiger partial charge in [0, 0.05) is 25.5 Å². The first-order chi connectivity index (χ1) is 12.7. The Labute approximate surface area is 154 Å². The van der Waals surface area contributed by atoms with Gasteiger partial charge < -0.3 is 4.90 Å². The van der Waals surface area contributed by atoms with Crippen LogP contribution in [0.2, 0.25) is 0 Å². The maximum Gasteiger partial charge on any atom is 0.244 e. The smallest absolute Gasteiger partial charge is 0.244 e. The van der Waals surface area contributed by atoms with Gasteiger partial charge >= 0.3 is 0 Å². The number of halogens is 1. The molecule has 26 heavy (non-hydrogen) atoms. The van der Waals surface area contributed by atoms with Crippen LogP contribution in [0, 0.1) is 5.82 Å². The molecule has 1 aliphatic rings. The van der Waals surface area contributed by atoms with Crippen molar-refractivity contribution >= 4 is 5.91 Å². The van der Waals surface area contributed by atoms with Crippen LogP contribution in [0.4, 0.5) is 4.39 Å². The number of benzene rings is 1. The lowest BCUT2D eigenvalue weighted by atomic mass is 10.00. The Balaban J connectivity index is 1.78. The number of hydrogen-bond acceptors (Lipinski definition) is 3. The fraction of sp³-hybridized carbons (Fsp3) is 0.500. The first-order valence-electron chi connectivity index (χ1n) is 9.44. The predicted octanol–water partition coefficient (Wildman–Crippen LogP) is 3.10. The van der Waals surface area contributed by atoms with Crippen molar-refractivity contribution in [3.05, 3.63) is 54.1 Å². The van der Waals surface area contributed by atoms with E-state index in [-0.39, 0.29) is 17.8 Å². The average molecular weight is 358 g/mol. The van der Waals surface area contributed by atoms with Crippen molar-refractivity contribution in [3.63, 3.8) is 0 Å². The molecule has 0 bridgehead atoms. The summed E-state index contributed by atoms with van der Waals surface area (Å²) in [5, 5.41) is 4.21. The lowest BCUT2D eigenvalue weighted by Crippen LogP contribution is -2.45. The molecule has 3 rings (SSSR count). The molecule has 1 aromatic heterocycles. The van der Waals surface area contributed by atoms with E-state index >= 15 is 0 Å². The number of carbonyl (C=O) groups is 1. The highest BCUT2D eigenvalue weighted by molar-refractivity contribution is 5.83. The normalized spacial score (nSPS) is 16.4. The number of likely N-dealkylation sites (N-methyl/N-ethyl adjacent to an activating group) is 1. The third kappa shape index (κ3) is 4.49. The number of rotatable bonds is 7. The van der Waals surface area contributed by atoms with Gasteiger partial charge in [0.25, 0.3) is 0 Å². The molecule has 0 spiro atoms. The minimum absolute atomic E-state index is 0.0909. The molecule has 1 amide bonds. The minimum Gasteiger partial charge on any atom is -0.339 e.